The Morgan fingerprint density at radius 3 is 2.96 bits per heavy atom. The molecule has 1 amide bonds. The molecule has 7 heteroatoms. The first-order valence-electron chi connectivity index (χ1n) is 9.60. The van der Waals surface area contributed by atoms with E-state index in [0.717, 1.165) is 31.7 Å². The van der Waals surface area contributed by atoms with Crippen molar-refractivity contribution in [2.75, 3.05) is 13.1 Å². The predicted octanol–water partition coefficient (Wildman–Crippen LogP) is 2.79. The van der Waals surface area contributed by atoms with Crippen molar-refractivity contribution < 1.29 is 4.79 Å². The zero-order valence-electron chi connectivity index (χ0n) is 16.1. The first-order chi connectivity index (χ1) is 13.5. The normalized spacial score (nSPS) is 17.3. The van der Waals surface area contributed by atoms with Gasteiger partial charge in [0.25, 0.3) is 5.91 Å². The Bertz CT molecular complexity index is 1060. The summed E-state index contributed by atoms with van der Waals surface area (Å²) in [5.41, 5.74) is 2.73. The standard InChI is InChI=1S/C21H24N4O2S/c1-3-25-12-18(19(26)17-5-4-14(2)22-20(17)25)21(27)23-16-6-8-24(11-16)10-15-7-9-28-13-15/h4-5,7,9,12-13,16H,3,6,8,10-11H2,1-2H3,(H,23,27). The number of carbonyl (C=O) groups is 1. The average molecular weight is 397 g/mol. The molecule has 0 radical (unpaired) electrons. The number of thiophene rings is 1. The predicted molar refractivity (Wildman–Crippen MR) is 112 cm³/mol. The molecule has 3 aromatic rings. The summed E-state index contributed by atoms with van der Waals surface area (Å²) in [6, 6.07) is 5.77. The molecule has 4 rings (SSSR count). The molecule has 0 aliphatic carbocycles. The van der Waals surface area contributed by atoms with Crippen molar-refractivity contribution in [3.05, 3.63) is 62.2 Å². The van der Waals surface area contributed by atoms with Crippen LogP contribution in [0.25, 0.3) is 11.0 Å². The van der Waals surface area contributed by atoms with Crippen LogP contribution in [0.15, 0.2) is 40.0 Å². The number of nitrogens with zero attached hydrogens (tertiary/aromatic N) is 3. The van der Waals surface area contributed by atoms with Gasteiger partial charge in [-0.25, -0.2) is 4.98 Å². The Kier molecular flexibility index (Phi) is 5.28. The third-order valence-corrected chi connectivity index (χ3v) is 5.97. The van der Waals surface area contributed by atoms with E-state index in [1.165, 1.54) is 5.56 Å². The largest absolute Gasteiger partial charge is 0.348 e. The van der Waals surface area contributed by atoms with Crippen LogP contribution in [0.2, 0.25) is 0 Å². The molecular formula is C21H24N4O2S. The fourth-order valence-corrected chi connectivity index (χ4v) is 4.42. The maximum absolute atomic E-state index is 12.9. The monoisotopic (exact) mass is 396 g/mol. The van der Waals surface area contributed by atoms with E-state index < -0.39 is 0 Å². The van der Waals surface area contributed by atoms with Crippen LogP contribution in [0.5, 0.6) is 0 Å². The third-order valence-electron chi connectivity index (χ3n) is 5.24. The van der Waals surface area contributed by atoms with Crippen LogP contribution < -0.4 is 10.7 Å². The molecule has 1 aliphatic heterocycles. The Labute approximate surface area is 167 Å². The summed E-state index contributed by atoms with van der Waals surface area (Å²) in [6.45, 7) is 7.17. The smallest absolute Gasteiger partial charge is 0.257 e. The molecule has 4 heterocycles. The molecule has 1 saturated heterocycles. The molecule has 28 heavy (non-hydrogen) atoms. The second kappa shape index (κ2) is 7.85. The SMILES string of the molecule is CCn1cc(C(=O)NC2CCN(Cc3ccsc3)C2)c(=O)c2ccc(C)nc21. The van der Waals surface area contributed by atoms with E-state index in [1.54, 1.807) is 23.6 Å². The van der Waals surface area contributed by atoms with Crippen molar-refractivity contribution in [2.24, 2.45) is 0 Å². The lowest BCUT2D eigenvalue weighted by atomic mass is 10.1. The number of hydrogen-bond donors (Lipinski definition) is 1. The van der Waals surface area contributed by atoms with Gasteiger partial charge in [0.05, 0.1) is 5.39 Å². The van der Waals surface area contributed by atoms with Crippen molar-refractivity contribution in [3.63, 3.8) is 0 Å². The first kappa shape index (κ1) is 18.8. The lowest BCUT2D eigenvalue weighted by Crippen LogP contribution is -2.39. The Hall–Kier alpha value is -2.51. The summed E-state index contributed by atoms with van der Waals surface area (Å²) in [5.74, 6) is -0.294. The molecule has 1 unspecified atom stereocenters. The van der Waals surface area contributed by atoms with E-state index >= 15 is 0 Å². The number of aryl methyl sites for hydroxylation is 2. The minimum Gasteiger partial charge on any atom is -0.348 e. The van der Waals surface area contributed by atoms with Gasteiger partial charge in [0.2, 0.25) is 5.43 Å². The van der Waals surface area contributed by atoms with Gasteiger partial charge in [0.15, 0.2) is 0 Å². The van der Waals surface area contributed by atoms with Crippen LogP contribution in [0.3, 0.4) is 0 Å². The van der Waals surface area contributed by atoms with Crippen molar-refractivity contribution in [2.45, 2.75) is 39.4 Å². The van der Waals surface area contributed by atoms with E-state index in [9.17, 15) is 9.59 Å². The summed E-state index contributed by atoms with van der Waals surface area (Å²) in [6.07, 6.45) is 2.54. The number of carbonyl (C=O) groups excluding carboxylic acids is 1. The highest BCUT2D eigenvalue weighted by Gasteiger charge is 2.25. The molecule has 1 aliphatic rings. The minimum absolute atomic E-state index is 0.0625. The zero-order valence-corrected chi connectivity index (χ0v) is 17.0. The fourth-order valence-electron chi connectivity index (χ4n) is 3.76. The summed E-state index contributed by atoms with van der Waals surface area (Å²) < 4.78 is 1.87. The maximum atomic E-state index is 12.9. The number of amides is 1. The summed E-state index contributed by atoms with van der Waals surface area (Å²) >= 11 is 1.70. The molecule has 0 saturated carbocycles. The average Bonchev–Trinajstić information content (AvgIpc) is 3.34. The van der Waals surface area contributed by atoms with Gasteiger partial charge < -0.3 is 9.88 Å². The van der Waals surface area contributed by atoms with Crippen LogP contribution in [0.4, 0.5) is 0 Å². The third kappa shape index (κ3) is 3.72. The fraction of sp³-hybridized carbons (Fsp3) is 0.381. The minimum atomic E-state index is -0.294. The van der Waals surface area contributed by atoms with Gasteiger partial charge in [-0.2, -0.15) is 11.3 Å². The van der Waals surface area contributed by atoms with Crippen molar-refractivity contribution in [1.82, 2.24) is 19.8 Å². The van der Waals surface area contributed by atoms with Crippen LogP contribution in [-0.2, 0) is 13.1 Å². The van der Waals surface area contributed by atoms with Gasteiger partial charge in [0, 0.05) is 44.1 Å². The molecule has 1 atom stereocenters. The molecule has 0 spiro atoms. The van der Waals surface area contributed by atoms with E-state index in [4.69, 9.17) is 0 Å². The zero-order chi connectivity index (χ0) is 19.7. The molecule has 146 valence electrons. The number of fused-ring (bicyclic) bond motifs is 1. The second-order valence-corrected chi connectivity index (χ2v) is 8.09. The molecular weight excluding hydrogens is 372 g/mol. The molecule has 6 nitrogen and oxygen atoms in total. The first-order valence-corrected chi connectivity index (χ1v) is 10.5. The molecule has 0 aromatic carbocycles. The van der Waals surface area contributed by atoms with E-state index in [0.29, 0.717) is 17.6 Å². The maximum Gasteiger partial charge on any atom is 0.257 e. The van der Waals surface area contributed by atoms with Crippen molar-refractivity contribution in [3.8, 4) is 0 Å². The van der Waals surface area contributed by atoms with Gasteiger partial charge in [-0.3, -0.25) is 14.5 Å². The number of hydrogen-bond acceptors (Lipinski definition) is 5. The van der Waals surface area contributed by atoms with Gasteiger partial charge in [-0.1, -0.05) is 0 Å². The number of likely N-dealkylation sites (tertiary alicyclic amines) is 1. The van der Waals surface area contributed by atoms with Gasteiger partial charge in [0.1, 0.15) is 11.2 Å². The summed E-state index contributed by atoms with van der Waals surface area (Å²) in [5, 5.41) is 7.79. The highest BCUT2D eigenvalue weighted by Crippen LogP contribution is 2.16. The summed E-state index contributed by atoms with van der Waals surface area (Å²) in [7, 11) is 0. The molecule has 0 bridgehead atoms. The van der Waals surface area contributed by atoms with Crippen molar-refractivity contribution in [1.29, 1.82) is 0 Å². The summed E-state index contributed by atoms with van der Waals surface area (Å²) in [4.78, 5) is 32.6. The van der Waals surface area contributed by atoms with Crippen molar-refractivity contribution >= 4 is 28.3 Å². The number of rotatable bonds is 5. The van der Waals surface area contributed by atoms with Crippen LogP contribution in [0.1, 0.15) is 35.0 Å². The van der Waals surface area contributed by atoms with Crippen LogP contribution in [-0.4, -0.2) is 39.5 Å². The Balaban J connectivity index is 1.52. The topological polar surface area (TPSA) is 67.2 Å². The van der Waals surface area contributed by atoms with Gasteiger partial charge in [-0.05, 0) is 54.8 Å². The van der Waals surface area contributed by atoms with E-state index in [-0.39, 0.29) is 22.9 Å². The quantitative estimate of drug-likeness (QED) is 0.720. The van der Waals surface area contributed by atoms with E-state index in [2.05, 4.69) is 32.0 Å². The number of aromatic nitrogens is 2. The highest BCUT2D eigenvalue weighted by molar-refractivity contribution is 7.07. The molecule has 1 N–H and O–H groups in total. The van der Waals surface area contributed by atoms with Crippen LogP contribution >= 0.6 is 11.3 Å². The Morgan fingerprint density at radius 1 is 1.36 bits per heavy atom. The lowest BCUT2D eigenvalue weighted by Gasteiger charge is -2.17. The molecule has 1 fully saturated rings. The second-order valence-electron chi connectivity index (χ2n) is 7.31. The van der Waals surface area contributed by atoms with Gasteiger partial charge >= 0.3 is 0 Å². The van der Waals surface area contributed by atoms with Gasteiger partial charge in [-0.15, -0.1) is 0 Å². The number of pyridine rings is 2. The molecule has 3 aromatic heterocycles. The van der Waals surface area contributed by atoms with Crippen LogP contribution in [0, 0.1) is 6.92 Å². The number of nitrogens with one attached hydrogen (secondary N) is 1. The highest BCUT2D eigenvalue weighted by atomic mass is 32.1. The van der Waals surface area contributed by atoms with E-state index in [1.807, 2.05) is 24.5 Å². The Morgan fingerprint density at radius 2 is 2.21 bits per heavy atom. The lowest BCUT2D eigenvalue weighted by molar-refractivity contribution is 0.0936.